The van der Waals surface area contributed by atoms with Gasteiger partial charge in [-0.2, -0.15) is 0 Å². The van der Waals surface area contributed by atoms with Gasteiger partial charge in [0, 0.05) is 23.4 Å². The maximum absolute atomic E-state index is 13.3. The summed E-state index contributed by atoms with van der Waals surface area (Å²) in [4.78, 5) is 35.6. The third-order valence-electron chi connectivity index (χ3n) is 3.93. The van der Waals surface area contributed by atoms with E-state index >= 15 is 0 Å². The molecule has 24 heavy (non-hydrogen) atoms. The smallest absolute Gasteiger partial charge is 0.232 e. The monoisotopic (exact) mass is 326 g/mol. The van der Waals surface area contributed by atoms with Crippen LogP contribution in [0.2, 0.25) is 0 Å². The standard InChI is InChI=1S/C18H15FN2O3/c1-10(22)11-2-5-13(6-3-11)20-18(24)15-9-17(23)21-16-8-12(19)4-7-14(15)16/h2-8,15H,9H2,1H3,(H,20,24)(H,21,23)/t15-/m1/s1. The lowest BCUT2D eigenvalue weighted by molar-refractivity contribution is -0.123. The minimum absolute atomic E-state index is 0.00397. The molecule has 1 atom stereocenters. The summed E-state index contributed by atoms with van der Waals surface area (Å²) in [6.07, 6.45) is -0.00397. The summed E-state index contributed by atoms with van der Waals surface area (Å²) >= 11 is 0. The van der Waals surface area contributed by atoms with Crippen LogP contribution in [-0.4, -0.2) is 17.6 Å². The number of hydrogen-bond acceptors (Lipinski definition) is 3. The van der Waals surface area contributed by atoms with E-state index in [1.165, 1.54) is 25.1 Å². The van der Waals surface area contributed by atoms with Crippen LogP contribution in [0.25, 0.3) is 0 Å². The van der Waals surface area contributed by atoms with Crippen molar-refractivity contribution in [2.45, 2.75) is 19.3 Å². The summed E-state index contributed by atoms with van der Waals surface area (Å²) in [5.74, 6) is -1.92. The Morgan fingerprint density at radius 1 is 1.17 bits per heavy atom. The Kier molecular flexibility index (Phi) is 4.12. The lowest BCUT2D eigenvalue weighted by Crippen LogP contribution is -2.30. The highest BCUT2D eigenvalue weighted by Gasteiger charge is 2.31. The van der Waals surface area contributed by atoms with Crippen LogP contribution in [-0.2, 0) is 9.59 Å². The second kappa shape index (κ2) is 6.23. The van der Waals surface area contributed by atoms with Crippen molar-refractivity contribution in [1.82, 2.24) is 0 Å². The van der Waals surface area contributed by atoms with Crippen LogP contribution in [0.1, 0.15) is 35.2 Å². The minimum Gasteiger partial charge on any atom is -0.326 e. The average molecular weight is 326 g/mol. The molecule has 2 N–H and O–H groups in total. The van der Waals surface area contributed by atoms with E-state index in [1.54, 1.807) is 24.3 Å². The van der Waals surface area contributed by atoms with Gasteiger partial charge in [-0.05, 0) is 48.9 Å². The van der Waals surface area contributed by atoms with Crippen LogP contribution < -0.4 is 10.6 Å². The van der Waals surface area contributed by atoms with Gasteiger partial charge in [-0.3, -0.25) is 14.4 Å². The van der Waals surface area contributed by atoms with Gasteiger partial charge < -0.3 is 10.6 Å². The Bertz CT molecular complexity index is 831. The van der Waals surface area contributed by atoms with Crippen LogP contribution in [0.3, 0.4) is 0 Å². The first-order chi connectivity index (χ1) is 11.4. The molecule has 1 aliphatic heterocycles. The number of rotatable bonds is 3. The number of hydrogen-bond donors (Lipinski definition) is 2. The lowest BCUT2D eigenvalue weighted by atomic mass is 9.89. The Balaban J connectivity index is 1.82. The van der Waals surface area contributed by atoms with Gasteiger partial charge in [0.2, 0.25) is 11.8 Å². The predicted octanol–water partition coefficient (Wildman–Crippen LogP) is 3.09. The van der Waals surface area contributed by atoms with Crippen molar-refractivity contribution in [1.29, 1.82) is 0 Å². The molecule has 122 valence electrons. The first kappa shape index (κ1) is 15.9. The zero-order valence-corrected chi connectivity index (χ0v) is 12.9. The van der Waals surface area contributed by atoms with Gasteiger partial charge in [0.05, 0.1) is 5.92 Å². The molecule has 2 aromatic rings. The number of Topliss-reactive ketones (excluding diaryl/α,β-unsaturated/α-hetero) is 1. The molecule has 1 aliphatic rings. The topological polar surface area (TPSA) is 75.3 Å². The zero-order chi connectivity index (χ0) is 17.3. The number of nitrogens with one attached hydrogen (secondary N) is 2. The van der Waals surface area contributed by atoms with E-state index in [2.05, 4.69) is 10.6 Å². The molecule has 0 bridgehead atoms. The molecule has 0 unspecified atom stereocenters. The Labute approximate surface area is 137 Å². The molecule has 0 saturated heterocycles. The number of ketones is 1. The summed E-state index contributed by atoms with van der Waals surface area (Å²) in [6, 6.07) is 10.5. The Morgan fingerprint density at radius 2 is 1.88 bits per heavy atom. The minimum atomic E-state index is -0.693. The molecule has 0 spiro atoms. The fourth-order valence-corrected chi connectivity index (χ4v) is 2.69. The van der Waals surface area contributed by atoms with E-state index in [1.807, 2.05) is 0 Å². The summed E-state index contributed by atoms with van der Waals surface area (Å²) in [5.41, 5.74) is 1.97. The van der Waals surface area contributed by atoms with Gasteiger partial charge in [-0.15, -0.1) is 0 Å². The SMILES string of the molecule is CC(=O)c1ccc(NC(=O)[C@@H]2CC(=O)Nc3cc(F)ccc32)cc1. The third-order valence-corrected chi connectivity index (χ3v) is 3.93. The molecule has 2 amide bonds. The van der Waals surface area contributed by atoms with Gasteiger partial charge >= 0.3 is 0 Å². The van der Waals surface area contributed by atoms with Gasteiger partial charge in [0.25, 0.3) is 0 Å². The van der Waals surface area contributed by atoms with Crippen molar-refractivity contribution in [2.75, 3.05) is 10.6 Å². The summed E-state index contributed by atoms with van der Waals surface area (Å²) in [6.45, 7) is 1.46. The molecular weight excluding hydrogens is 311 g/mol. The third kappa shape index (κ3) is 3.17. The fraction of sp³-hybridized carbons (Fsp3) is 0.167. The molecule has 0 aromatic heterocycles. The van der Waals surface area contributed by atoms with Gasteiger partial charge in [0.1, 0.15) is 5.82 Å². The molecular formula is C18H15FN2O3. The number of carbonyl (C=O) groups is 3. The van der Waals surface area contributed by atoms with Crippen molar-refractivity contribution >= 4 is 29.0 Å². The highest BCUT2D eigenvalue weighted by molar-refractivity contribution is 6.05. The highest BCUT2D eigenvalue weighted by Crippen LogP contribution is 2.33. The second-order valence-electron chi connectivity index (χ2n) is 5.66. The van der Waals surface area contributed by atoms with E-state index in [4.69, 9.17) is 0 Å². The van der Waals surface area contributed by atoms with E-state index in [0.29, 0.717) is 22.5 Å². The maximum atomic E-state index is 13.3. The molecule has 5 nitrogen and oxygen atoms in total. The molecule has 0 aliphatic carbocycles. The summed E-state index contributed by atoms with van der Waals surface area (Å²) in [5, 5.41) is 5.30. The number of benzene rings is 2. The maximum Gasteiger partial charge on any atom is 0.232 e. The van der Waals surface area contributed by atoms with Crippen LogP contribution in [0.5, 0.6) is 0 Å². The van der Waals surface area contributed by atoms with Crippen LogP contribution in [0, 0.1) is 5.82 Å². The van der Waals surface area contributed by atoms with Crippen molar-refractivity contribution in [3.63, 3.8) is 0 Å². The molecule has 6 heteroatoms. The highest BCUT2D eigenvalue weighted by atomic mass is 19.1. The van der Waals surface area contributed by atoms with Crippen molar-refractivity contribution < 1.29 is 18.8 Å². The van der Waals surface area contributed by atoms with E-state index < -0.39 is 11.7 Å². The summed E-state index contributed by atoms with van der Waals surface area (Å²) in [7, 11) is 0. The normalized spacial score (nSPS) is 16.1. The molecule has 0 saturated carbocycles. The van der Waals surface area contributed by atoms with Gasteiger partial charge in [-0.25, -0.2) is 4.39 Å². The Hall–Kier alpha value is -3.02. The fourth-order valence-electron chi connectivity index (χ4n) is 2.69. The molecule has 0 fully saturated rings. The van der Waals surface area contributed by atoms with Crippen LogP contribution in [0.4, 0.5) is 15.8 Å². The van der Waals surface area contributed by atoms with E-state index in [9.17, 15) is 18.8 Å². The molecule has 2 aromatic carbocycles. The zero-order valence-electron chi connectivity index (χ0n) is 12.9. The Morgan fingerprint density at radius 3 is 2.54 bits per heavy atom. The quantitative estimate of drug-likeness (QED) is 0.851. The average Bonchev–Trinajstić information content (AvgIpc) is 2.54. The predicted molar refractivity (Wildman–Crippen MR) is 87.5 cm³/mol. The number of carbonyl (C=O) groups excluding carboxylic acids is 3. The number of amides is 2. The lowest BCUT2D eigenvalue weighted by Gasteiger charge is -2.24. The number of halogens is 1. The first-order valence-corrected chi connectivity index (χ1v) is 7.45. The van der Waals surface area contributed by atoms with E-state index in [0.717, 1.165) is 0 Å². The van der Waals surface area contributed by atoms with Crippen LogP contribution >= 0.6 is 0 Å². The van der Waals surface area contributed by atoms with Crippen LogP contribution in [0.15, 0.2) is 42.5 Å². The van der Waals surface area contributed by atoms with Gasteiger partial charge in [0.15, 0.2) is 5.78 Å². The van der Waals surface area contributed by atoms with Crippen molar-refractivity contribution in [3.05, 3.63) is 59.4 Å². The second-order valence-corrected chi connectivity index (χ2v) is 5.66. The van der Waals surface area contributed by atoms with Gasteiger partial charge in [-0.1, -0.05) is 6.07 Å². The molecule has 0 radical (unpaired) electrons. The summed E-state index contributed by atoms with van der Waals surface area (Å²) < 4.78 is 13.3. The first-order valence-electron chi connectivity index (χ1n) is 7.45. The molecule has 1 heterocycles. The van der Waals surface area contributed by atoms with E-state index in [-0.39, 0.29) is 24.0 Å². The van der Waals surface area contributed by atoms with Crippen molar-refractivity contribution in [3.8, 4) is 0 Å². The van der Waals surface area contributed by atoms with Crippen molar-refractivity contribution in [2.24, 2.45) is 0 Å². The number of fused-ring (bicyclic) bond motifs is 1. The molecule has 3 rings (SSSR count). The number of anilines is 2. The largest absolute Gasteiger partial charge is 0.326 e.